The second-order valence-electron chi connectivity index (χ2n) is 4.87. The molecule has 1 heterocycles. The number of anilines is 1. The highest BCUT2D eigenvalue weighted by atomic mass is 16.7. The summed E-state index contributed by atoms with van der Waals surface area (Å²) in [6, 6.07) is 11.1. The summed E-state index contributed by atoms with van der Waals surface area (Å²) in [5.74, 6) is -0.183. The van der Waals surface area contributed by atoms with E-state index in [1.807, 2.05) is 0 Å². The standard InChI is InChI=1S/C16H14N2O5/c19-12-4-2-11(3-5-12)18-16(21)15(20)17-8-10-1-6-13-14(7-10)23-9-22-13/h1-7,19H,8-9H2,(H,17,20)(H,18,21). The van der Waals surface area contributed by atoms with E-state index in [4.69, 9.17) is 14.6 Å². The molecule has 0 bridgehead atoms. The Hall–Kier alpha value is -3.22. The first-order valence-electron chi connectivity index (χ1n) is 6.88. The first-order valence-corrected chi connectivity index (χ1v) is 6.88. The van der Waals surface area contributed by atoms with Crippen molar-refractivity contribution in [2.45, 2.75) is 6.54 Å². The molecule has 23 heavy (non-hydrogen) atoms. The average molecular weight is 314 g/mol. The molecule has 1 aliphatic rings. The lowest BCUT2D eigenvalue weighted by atomic mass is 10.2. The van der Waals surface area contributed by atoms with E-state index in [0.717, 1.165) is 5.56 Å². The van der Waals surface area contributed by atoms with E-state index < -0.39 is 11.8 Å². The second-order valence-corrected chi connectivity index (χ2v) is 4.87. The van der Waals surface area contributed by atoms with Gasteiger partial charge in [0, 0.05) is 12.2 Å². The number of amides is 2. The fraction of sp³-hybridized carbons (Fsp3) is 0.125. The largest absolute Gasteiger partial charge is 0.508 e. The lowest BCUT2D eigenvalue weighted by Gasteiger charge is -2.07. The van der Waals surface area contributed by atoms with Crippen LogP contribution in [-0.4, -0.2) is 23.7 Å². The number of ether oxygens (including phenoxy) is 2. The molecular formula is C16H14N2O5. The number of hydrogen-bond acceptors (Lipinski definition) is 5. The molecule has 2 amide bonds. The Kier molecular flexibility index (Phi) is 4.01. The average Bonchev–Trinajstić information content (AvgIpc) is 3.02. The lowest BCUT2D eigenvalue weighted by Crippen LogP contribution is -2.34. The highest BCUT2D eigenvalue weighted by Gasteiger charge is 2.16. The van der Waals surface area contributed by atoms with Crippen LogP contribution < -0.4 is 20.1 Å². The van der Waals surface area contributed by atoms with E-state index >= 15 is 0 Å². The minimum Gasteiger partial charge on any atom is -0.508 e. The zero-order chi connectivity index (χ0) is 16.2. The monoisotopic (exact) mass is 314 g/mol. The van der Waals surface area contributed by atoms with Crippen LogP contribution >= 0.6 is 0 Å². The molecule has 2 aromatic carbocycles. The number of benzene rings is 2. The van der Waals surface area contributed by atoms with Crippen molar-refractivity contribution in [3.05, 3.63) is 48.0 Å². The third kappa shape index (κ3) is 3.52. The van der Waals surface area contributed by atoms with E-state index in [2.05, 4.69) is 10.6 Å². The maximum Gasteiger partial charge on any atom is 0.313 e. The van der Waals surface area contributed by atoms with Gasteiger partial charge in [-0.3, -0.25) is 9.59 Å². The number of carbonyl (C=O) groups is 2. The number of rotatable bonds is 3. The first kappa shape index (κ1) is 14.7. The van der Waals surface area contributed by atoms with Crippen molar-refractivity contribution in [3.8, 4) is 17.2 Å². The molecule has 0 atom stereocenters. The summed E-state index contributed by atoms with van der Waals surface area (Å²) >= 11 is 0. The third-order valence-corrected chi connectivity index (χ3v) is 3.22. The Bertz CT molecular complexity index is 743. The Morgan fingerprint density at radius 1 is 1.00 bits per heavy atom. The van der Waals surface area contributed by atoms with Gasteiger partial charge in [-0.2, -0.15) is 0 Å². The van der Waals surface area contributed by atoms with Gasteiger partial charge in [-0.05, 0) is 42.0 Å². The van der Waals surface area contributed by atoms with Crippen molar-refractivity contribution >= 4 is 17.5 Å². The molecule has 0 saturated heterocycles. The molecule has 0 spiro atoms. The minimum atomic E-state index is -0.781. The van der Waals surface area contributed by atoms with Crippen LogP contribution in [0.3, 0.4) is 0 Å². The summed E-state index contributed by atoms with van der Waals surface area (Å²) in [5, 5.41) is 14.1. The van der Waals surface area contributed by atoms with Crippen LogP contribution in [0.4, 0.5) is 5.69 Å². The summed E-state index contributed by atoms with van der Waals surface area (Å²) in [6.45, 7) is 0.374. The van der Waals surface area contributed by atoms with Gasteiger partial charge in [-0.15, -0.1) is 0 Å². The van der Waals surface area contributed by atoms with Gasteiger partial charge < -0.3 is 25.2 Å². The molecule has 7 nitrogen and oxygen atoms in total. The first-order chi connectivity index (χ1) is 11.1. The predicted octanol–water partition coefficient (Wildman–Crippen LogP) is 1.38. The molecule has 0 fully saturated rings. The van der Waals surface area contributed by atoms with Gasteiger partial charge in [0.15, 0.2) is 11.5 Å². The molecular weight excluding hydrogens is 300 g/mol. The van der Waals surface area contributed by atoms with Crippen LogP contribution in [0.2, 0.25) is 0 Å². The molecule has 2 aromatic rings. The summed E-state index contributed by atoms with van der Waals surface area (Å²) in [5.41, 5.74) is 1.21. The third-order valence-electron chi connectivity index (χ3n) is 3.22. The Labute approximate surface area is 131 Å². The molecule has 0 aliphatic carbocycles. The van der Waals surface area contributed by atoms with Gasteiger partial charge in [-0.1, -0.05) is 6.07 Å². The summed E-state index contributed by atoms with van der Waals surface area (Å²) in [7, 11) is 0. The van der Waals surface area contributed by atoms with E-state index in [0.29, 0.717) is 17.2 Å². The topological polar surface area (TPSA) is 96.9 Å². The van der Waals surface area contributed by atoms with Crippen LogP contribution in [0, 0.1) is 0 Å². The van der Waals surface area contributed by atoms with Crippen molar-refractivity contribution in [1.82, 2.24) is 5.32 Å². The molecule has 0 radical (unpaired) electrons. The number of carbonyl (C=O) groups excluding carboxylic acids is 2. The van der Waals surface area contributed by atoms with Gasteiger partial charge in [0.1, 0.15) is 5.75 Å². The van der Waals surface area contributed by atoms with Gasteiger partial charge in [0.2, 0.25) is 6.79 Å². The number of fused-ring (bicyclic) bond motifs is 1. The number of nitrogens with one attached hydrogen (secondary N) is 2. The highest BCUT2D eigenvalue weighted by molar-refractivity contribution is 6.39. The SMILES string of the molecule is O=C(NCc1ccc2c(c1)OCO2)C(=O)Nc1ccc(O)cc1. The maximum absolute atomic E-state index is 11.8. The van der Waals surface area contributed by atoms with Crippen molar-refractivity contribution in [1.29, 1.82) is 0 Å². The van der Waals surface area contributed by atoms with Crippen LogP contribution in [0.1, 0.15) is 5.56 Å². The molecule has 3 N–H and O–H groups in total. The van der Waals surface area contributed by atoms with E-state index in [9.17, 15) is 9.59 Å². The second kappa shape index (κ2) is 6.27. The summed E-state index contributed by atoms with van der Waals surface area (Å²) < 4.78 is 10.4. The maximum atomic E-state index is 11.8. The van der Waals surface area contributed by atoms with Crippen molar-refractivity contribution < 1.29 is 24.2 Å². The summed E-state index contributed by atoms with van der Waals surface area (Å²) in [4.78, 5) is 23.6. The zero-order valence-corrected chi connectivity index (χ0v) is 12.0. The number of phenols is 1. The van der Waals surface area contributed by atoms with Gasteiger partial charge in [0.25, 0.3) is 0 Å². The van der Waals surface area contributed by atoms with Crippen molar-refractivity contribution in [2.75, 3.05) is 12.1 Å². The van der Waals surface area contributed by atoms with Crippen LogP contribution in [0.25, 0.3) is 0 Å². The molecule has 118 valence electrons. The lowest BCUT2D eigenvalue weighted by molar-refractivity contribution is -0.136. The smallest absolute Gasteiger partial charge is 0.313 e. The predicted molar refractivity (Wildman–Crippen MR) is 81.1 cm³/mol. The van der Waals surface area contributed by atoms with E-state index in [1.54, 1.807) is 18.2 Å². The molecule has 0 saturated carbocycles. The fourth-order valence-corrected chi connectivity index (χ4v) is 2.05. The normalized spacial score (nSPS) is 11.8. The Morgan fingerprint density at radius 2 is 1.74 bits per heavy atom. The van der Waals surface area contributed by atoms with E-state index in [1.165, 1.54) is 24.3 Å². The molecule has 7 heteroatoms. The Morgan fingerprint density at radius 3 is 2.52 bits per heavy atom. The molecule has 0 aromatic heterocycles. The van der Waals surface area contributed by atoms with E-state index in [-0.39, 0.29) is 19.1 Å². The summed E-state index contributed by atoms with van der Waals surface area (Å²) in [6.07, 6.45) is 0. The van der Waals surface area contributed by atoms with Crippen LogP contribution in [0.5, 0.6) is 17.2 Å². The quantitative estimate of drug-likeness (QED) is 0.587. The Balaban J connectivity index is 1.54. The van der Waals surface area contributed by atoms with Crippen molar-refractivity contribution in [3.63, 3.8) is 0 Å². The highest BCUT2D eigenvalue weighted by Crippen LogP contribution is 2.32. The van der Waals surface area contributed by atoms with Gasteiger partial charge in [0.05, 0.1) is 0 Å². The van der Waals surface area contributed by atoms with Crippen molar-refractivity contribution in [2.24, 2.45) is 0 Å². The van der Waals surface area contributed by atoms with Gasteiger partial charge in [-0.25, -0.2) is 0 Å². The van der Waals surface area contributed by atoms with Crippen LogP contribution in [0.15, 0.2) is 42.5 Å². The zero-order valence-electron chi connectivity index (χ0n) is 12.0. The molecule has 3 rings (SSSR count). The molecule has 1 aliphatic heterocycles. The minimum absolute atomic E-state index is 0.0789. The van der Waals surface area contributed by atoms with Gasteiger partial charge >= 0.3 is 11.8 Å². The fourth-order valence-electron chi connectivity index (χ4n) is 2.05. The number of hydrogen-bond donors (Lipinski definition) is 3. The number of aromatic hydroxyl groups is 1. The number of phenolic OH excluding ortho intramolecular Hbond substituents is 1. The molecule has 0 unspecified atom stereocenters. The van der Waals surface area contributed by atoms with Crippen LogP contribution in [-0.2, 0) is 16.1 Å².